The molecule has 0 unspecified atom stereocenters. The average Bonchev–Trinajstić information content (AvgIpc) is 3.98. The molecule has 0 saturated carbocycles. The lowest BCUT2D eigenvalue weighted by Crippen LogP contribution is -2.74. The summed E-state index contributed by atoms with van der Waals surface area (Å²) in [5, 5.41) is 9.34. The van der Waals surface area contributed by atoms with Gasteiger partial charge in [0.05, 0.1) is 34.6 Å². The maximum Gasteiger partial charge on any atom is 0.180 e. The second kappa shape index (κ2) is 16.8. The van der Waals surface area contributed by atoms with Crippen molar-refractivity contribution in [2.24, 2.45) is 0 Å². The molecule has 13 aromatic rings. The first kappa shape index (κ1) is 35.4. The van der Waals surface area contributed by atoms with Crippen molar-refractivity contribution in [1.29, 1.82) is 0 Å². The van der Waals surface area contributed by atoms with Crippen molar-refractivity contribution in [2.75, 3.05) is 0 Å². The van der Waals surface area contributed by atoms with Gasteiger partial charge < -0.3 is 9.13 Å². The van der Waals surface area contributed by atoms with E-state index in [0.717, 1.165) is 71.9 Å². The van der Waals surface area contributed by atoms with E-state index in [1.165, 1.54) is 26.1 Å². The van der Waals surface area contributed by atoms with E-state index in [1.54, 1.807) is 0 Å². The van der Waals surface area contributed by atoms with Gasteiger partial charge in [-0.25, -0.2) is 0 Å². The van der Waals surface area contributed by atoms with E-state index in [0.29, 0.717) is 5.56 Å². The molecular formula is C66H46N2Si. The summed E-state index contributed by atoms with van der Waals surface area (Å²) in [6.45, 7) is 0. The Morgan fingerprint density at radius 3 is 1.42 bits per heavy atom. The summed E-state index contributed by atoms with van der Waals surface area (Å²) < 4.78 is 47.8. The van der Waals surface area contributed by atoms with E-state index in [-0.39, 0.29) is 29.7 Å². The van der Waals surface area contributed by atoms with Crippen LogP contribution in [0, 0.1) is 0 Å². The molecule has 0 aliphatic heterocycles. The number of hydrogen-bond donors (Lipinski definition) is 0. The van der Waals surface area contributed by atoms with Crippen molar-refractivity contribution >= 4 is 72.4 Å². The summed E-state index contributed by atoms with van der Waals surface area (Å²) >= 11 is 0. The first-order valence-corrected chi connectivity index (χ1v) is 25.4. The van der Waals surface area contributed by atoms with Gasteiger partial charge in [0, 0.05) is 38.4 Å². The van der Waals surface area contributed by atoms with Crippen molar-refractivity contribution in [3.63, 3.8) is 0 Å². The molecule has 0 aliphatic carbocycles. The number of benzene rings is 11. The molecule has 3 heteroatoms. The molecule has 0 atom stereocenters. The number of fused-ring (bicyclic) bond motifs is 6. The van der Waals surface area contributed by atoms with Crippen molar-refractivity contribution in [3.05, 3.63) is 279 Å². The minimum Gasteiger partial charge on any atom is -0.309 e. The van der Waals surface area contributed by atoms with Crippen molar-refractivity contribution in [3.8, 4) is 44.8 Å². The topological polar surface area (TPSA) is 9.86 Å². The molecule has 11 aromatic carbocycles. The maximum atomic E-state index is 8.86. The lowest BCUT2D eigenvalue weighted by atomic mass is 9.95. The molecule has 324 valence electrons. The van der Waals surface area contributed by atoms with Crippen molar-refractivity contribution in [1.82, 2.24) is 9.13 Å². The van der Waals surface area contributed by atoms with Crippen LogP contribution in [-0.4, -0.2) is 17.2 Å². The Hall–Kier alpha value is -8.76. The molecule has 13 rings (SSSR count). The summed E-state index contributed by atoms with van der Waals surface area (Å²) in [5.41, 5.74) is 11.4. The summed E-state index contributed by atoms with van der Waals surface area (Å²) in [6, 6.07) is 88.0. The van der Waals surface area contributed by atoms with Crippen LogP contribution in [0.15, 0.2) is 279 Å². The molecule has 0 saturated heterocycles. The summed E-state index contributed by atoms with van der Waals surface area (Å²) in [7, 11) is -3.14. The predicted octanol–water partition coefficient (Wildman–Crippen LogP) is 14.3. The van der Waals surface area contributed by atoms with Crippen molar-refractivity contribution < 1.29 is 6.85 Å². The van der Waals surface area contributed by atoms with Crippen LogP contribution in [0.4, 0.5) is 0 Å². The Morgan fingerprint density at radius 1 is 0.319 bits per heavy atom. The molecule has 2 heterocycles. The fourth-order valence-electron chi connectivity index (χ4n) is 11.1. The lowest BCUT2D eigenvalue weighted by Gasteiger charge is -2.35. The van der Waals surface area contributed by atoms with E-state index in [9.17, 15) is 0 Å². The van der Waals surface area contributed by atoms with Gasteiger partial charge in [-0.2, -0.15) is 0 Å². The van der Waals surface area contributed by atoms with Crippen LogP contribution in [-0.2, 0) is 0 Å². The van der Waals surface area contributed by atoms with Crippen LogP contribution in [0.2, 0.25) is 0 Å². The maximum absolute atomic E-state index is 8.86. The van der Waals surface area contributed by atoms with Crippen molar-refractivity contribution in [2.45, 2.75) is 0 Å². The highest BCUT2D eigenvalue weighted by Gasteiger charge is 2.43. The van der Waals surface area contributed by atoms with Gasteiger partial charge in [-0.15, -0.1) is 0 Å². The van der Waals surface area contributed by atoms with Crippen LogP contribution in [0.1, 0.15) is 6.85 Å². The SMILES string of the molecule is [2H]c1c([2H])c([2H])c(-c2ccc3c(c2)c2ccccc2n3-c2ccc3c(c2)c2c([Si](c4ccccc4)(c4ccccc4)c4ccccc4)cccc2n3-c2c(-c3ccccc3)cccc2-c2ccccc2)c([2H])c1[2H]. The third-order valence-electron chi connectivity index (χ3n) is 13.9. The molecule has 2 aromatic heterocycles. The molecule has 0 radical (unpaired) electrons. The van der Waals surface area contributed by atoms with Crippen LogP contribution in [0.3, 0.4) is 0 Å². The Balaban J connectivity index is 1.18. The zero-order valence-corrected chi connectivity index (χ0v) is 38.6. The lowest BCUT2D eigenvalue weighted by molar-refractivity contribution is 1.17. The van der Waals surface area contributed by atoms with Crippen LogP contribution in [0.5, 0.6) is 0 Å². The summed E-state index contributed by atoms with van der Waals surface area (Å²) in [6.07, 6.45) is 0. The summed E-state index contributed by atoms with van der Waals surface area (Å²) in [5.74, 6) is 0. The van der Waals surface area contributed by atoms with Gasteiger partial charge in [0.25, 0.3) is 0 Å². The molecule has 0 fully saturated rings. The number of aromatic nitrogens is 2. The van der Waals surface area contributed by atoms with Gasteiger partial charge >= 0.3 is 0 Å². The Labute approximate surface area is 410 Å². The fraction of sp³-hybridized carbons (Fsp3) is 0. The largest absolute Gasteiger partial charge is 0.309 e. The number of rotatable bonds is 9. The third kappa shape index (κ3) is 6.54. The molecule has 0 spiro atoms. The fourth-order valence-corrected chi connectivity index (χ4v) is 16.1. The predicted molar refractivity (Wildman–Crippen MR) is 295 cm³/mol. The number of para-hydroxylation sites is 2. The summed E-state index contributed by atoms with van der Waals surface area (Å²) in [4.78, 5) is 0. The highest BCUT2D eigenvalue weighted by atomic mass is 28.3. The molecule has 0 N–H and O–H groups in total. The smallest absolute Gasteiger partial charge is 0.180 e. The van der Waals surface area contributed by atoms with Crippen LogP contribution < -0.4 is 20.7 Å². The minimum atomic E-state index is -3.14. The third-order valence-corrected chi connectivity index (χ3v) is 18.8. The number of nitrogens with zero attached hydrogens (tertiary/aromatic N) is 2. The molecule has 0 bridgehead atoms. The van der Waals surface area contributed by atoms with E-state index in [4.69, 9.17) is 6.85 Å². The van der Waals surface area contributed by atoms with Gasteiger partial charge in [0.1, 0.15) is 0 Å². The molecular weight excluding hydrogens is 849 g/mol. The van der Waals surface area contributed by atoms with E-state index in [2.05, 4.69) is 234 Å². The van der Waals surface area contributed by atoms with Gasteiger partial charge in [-0.05, 0) is 85.5 Å². The standard InChI is InChI=1S/C66H46N2Si/c1-7-23-47(24-8-1)50-41-43-61-58(45-50)57-35-19-20-38-60(57)67(61)51-42-44-62-59(46-51)65-63(68(62)66-55(48-25-9-2-10-26-48)36-21-37-56(66)49-27-11-3-12-28-49)39-22-40-64(65)69(52-29-13-4-14-30-52,53-31-15-5-16-32-53)54-33-17-6-18-34-54/h1-46H/i1D,7D,8D,23D,24D. The second-order valence-electron chi connectivity index (χ2n) is 17.6. The van der Waals surface area contributed by atoms with Crippen LogP contribution in [0.25, 0.3) is 88.4 Å². The van der Waals surface area contributed by atoms with Gasteiger partial charge in [0.2, 0.25) is 0 Å². The van der Waals surface area contributed by atoms with E-state index >= 15 is 0 Å². The second-order valence-corrected chi connectivity index (χ2v) is 21.4. The van der Waals surface area contributed by atoms with E-state index < -0.39 is 14.1 Å². The van der Waals surface area contributed by atoms with E-state index in [1.807, 2.05) is 24.3 Å². The average molecular weight is 900 g/mol. The molecule has 0 aliphatic rings. The first-order chi connectivity index (χ1) is 36.3. The molecule has 69 heavy (non-hydrogen) atoms. The molecule has 2 nitrogen and oxygen atoms in total. The first-order valence-electron chi connectivity index (χ1n) is 25.9. The number of hydrogen-bond acceptors (Lipinski definition) is 0. The van der Waals surface area contributed by atoms with Gasteiger partial charge in [-0.3, -0.25) is 0 Å². The molecule has 0 amide bonds. The monoisotopic (exact) mass is 899 g/mol. The highest BCUT2D eigenvalue weighted by Crippen LogP contribution is 2.43. The Bertz CT molecular complexity index is 4110. The van der Waals surface area contributed by atoms with Gasteiger partial charge in [0.15, 0.2) is 8.07 Å². The quantitative estimate of drug-likeness (QED) is 0.101. The minimum absolute atomic E-state index is 0.185. The Kier molecular flexibility index (Phi) is 8.65. The zero-order chi connectivity index (χ0) is 50.1. The van der Waals surface area contributed by atoms with Crippen LogP contribution >= 0.6 is 0 Å². The Morgan fingerprint density at radius 2 is 0.812 bits per heavy atom. The normalized spacial score (nSPS) is 12.8. The van der Waals surface area contributed by atoms with Gasteiger partial charge in [-0.1, -0.05) is 236 Å². The zero-order valence-electron chi connectivity index (χ0n) is 42.6. The highest BCUT2D eigenvalue weighted by molar-refractivity contribution is 7.20.